The second kappa shape index (κ2) is 7.95. The lowest BCUT2D eigenvalue weighted by Gasteiger charge is -2.12. The second-order valence-corrected chi connectivity index (χ2v) is 4.85. The SMILES string of the molecule is O=C(N[C@@H](CO)C(=O)O)c1ccc(OCc2ccccc2)cc1. The molecular weight excluding hydrogens is 298 g/mol. The van der Waals surface area contributed by atoms with Crippen LogP contribution in [-0.2, 0) is 11.4 Å². The van der Waals surface area contributed by atoms with Crippen molar-refractivity contribution in [2.75, 3.05) is 6.61 Å². The number of carbonyl (C=O) groups excluding carboxylic acids is 1. The van der Waals surface area contributed by atoms with Crippen molar-refractivity contribution < 1.29 is 24.5 Å². The molecule has 23 heavy (non-hydrogen) atoms. The Morgan fingerprint density at radius 2 is 1.70 bits per heavy atom. The van der Waals surface area contributed by atoms with Crippen molar-refractivity contribution in [2.45, 2.75) is 12.6 Å². The van der Waals surface area contributed by atoms with Crippen LogP contribution in [0.2, 0.25) is 0 Å². The predicted octanol–water partition coefficient (Wildman–Crippen LogP) is 1.44. The zero-order chi connectivity index (χ0) is 16.7. The van der Waals surface area contributed by atoms with Crippen molar-refractivity contribution in [1.82, 2.24) is 5.32 Å². The highest BCUT2D eigenvalue weighted by Crippen LogP contribution is 2.14. The normalized spacial score (nSPS) is 11.5. The predicted molar refractivity (Wildman–Crippen MR) is 83.2 cm³/mol. The molecule has 0 saturated heterocycles. The molecule has 1 atom stereocenters. The summed E-state index contributed by atoms with van der Waals surface area (Å²) >= 11 is 0. The standard InChI is InChI=1S/C17H17NO5/c19-10-15(17(21)22)18-16(20)13-6-8-14(9-7-13)23-11-12-4-2-1-3-5-12/h1-9,15,19H,10-11H2,(H,18,20)(H,21,22)/t15-/m0/s1. The topological polar surface area (TPSA) is 95.9 Å². The van der Waals surface area contributed by atoms with Crippen LogP contribution in [0, 0.1) is 0 Å². The van der Waals surface area contributed by atoms with Gasteiger partial charge in [-0.1, -0.05) is 30.3 Å². The average Bonchev–Trinajstić information content (AvgIpc) is 2.58. The average molecular weight is 315 g/mol. The quantitative estimate of drug-likeness (QED) is 0.718. The summed E-state index contributed by atoms with van der Waals surface area (Å²) in [5, 5.41) is 19.9. The highest BCUT2D eigenvalue weighted by atomic mass is 16.5. The van der Waals surface area contributed by atoms with Crippen LogP contribution in [0.25, 0.3) is 0 Å². The van der Waals surface area contributed by atoms with Gasteiger partial charge in [-0.2, -0.15) is 0 Å². The number of hydrogen-bond donors (Lipinski definition) is 3. The van der Waals surface area contributed by atoms with Crippen LogP contribution in [0.4, 0.5) is 0 Å². The van der Waals surface area contributed by atoms with E-state index in [9.17, 15) is 9.59 Å². The minimum Gasteiger partial charge on any atom is -0.489 e. The molecular formula is C17H17NO5. The summed E-state index contributed by atoms with van der Waals surface area (Å²) in [6.45, 7) is -0.253. The van der Waals surface area contributed by atoms with E-state index in [2.05, 4.69) is 5.32 Å². The van der Waals surface area contributed by atoms with Crippen LogP contribution in [0.1, 0.15) is 15.9 Å². The zero-order valence-electron chi connectivity index (χ0n) is 12.3. The van der Waals surface area contributed by atoms with Gasteiger partial charge in [0.15, 0.2) is 6.04 Å². The van der Waals surface area contributed by atoms with Gasteiger partial charge in [0, 0.05) is 5.56 Å². The van der Waals surface area contributed by atoms with Crippen LogP contribution >= 0.6 is 0 Å². The largest absolute Gasteiger partial charge is 0.489 e. The summed E-state index contributed by atoms with van der Waals surface area (Å²) in [6, 6.07) is 14.7. The first-order chi connectivity index (χ1) is 11.1. The fourth-order valence-electron chi connectivity index (χ4n) is 1.87. The molecule has 0 spiro atoms. The maximum Gasteiger partial charge on any atom is 0.328 e. The van der Waals surface area contributed by atoms with E-state index in [4.69, 9.17) is 14.9 Å². The van der Waals surface area contributed by atoms with Gasteiger partial charge in [0.1, 0.15) is 12.4 Å². The zero-order valence-corrected chi connectivity index (χ0v) is 12.3. The Morgan fingerprint density at radius 3 is 2.26 bits per heavy atom. The van der Waals surface area contributed by atoms with Gasteiger partial charge in [-0.25, -0.2) is 4.79 Å². The Morgan fingerprint density at radius 1 is 1.04 bits per heavy atom. The Bertz CT molecular complexity index is 654. The molecule has 0 aliphatic carbocycles. The molecule has 3 N–H and O–H groups in total. The summed E-state index contributed by atoms with van der Waals surface area (Å²) in [7, 11) is 0. The van der Waals surface area contributed by atoms with E-state index in [1.165, 1.54) is 12.1 Å². The van der Waals surface area contributed by atoms with E-state index in [-0.39, 0.29) is 5.56 Å². The van der Waals surface area contributed by atoms with Crippen molar-refractivity contribution in [1.29, 1.82) is 0 Å². The Hall–Kier alpha value is -2.86. The summed E-state index contributed by atoms with van der Waals surface area (Å²) in [4.78, 5) is 22.7. The molecule has 6 nitrogen and oxygen atoms in total. The lowest BCUT2D eigenvalue weighted by molar-refractivity contribution is -0.140. The van der Waals surface area contributed by atoms with Crippen LogP contribution in [0.15, 0.2) is 54.6 Å². The molecule has 2 aromatic rings. The van der Waals surface area contributed by atoms with Gasteiger partial charge in [-0.05, 0) is 29.8 Å². The number of benzene rings is 2. The molecule has 0 bridgehead atoms. The molecule has 0 saturated carbocycles. The summed E-state index contributed by atoms with van der Waals surface area (Å²) < 4.78 is 5.60. The smallest absolute Gasteiger partial charge is 0.328 e. The van der Waals surface area contributed by atoms with Crippen LogP contribution in [0.5, 0.6) is 5.75 Å². The highest BCUT2D eigenvalue weighted by Gasteiger charge is 2.19. The minimum absolute atomic E-state index is 0.289. The van der Waals surface area contributed by atoms with Gasteiger partial charge in [0.25, 0.3) is 5.91 Å². The van der Waals surface area contributed by atoms with Gasteiger partial charge in [0.05, 0.1) is 6.61 Å². The number of aliphatic hydroxyl groups is 1. The number of aliphatic carboxylic acids is 1. The van der Waals surface area contributed by atoms with Crippen molar-refractivity contribution in [3.05, 3.63) is 65.7 Å². The van der Waals surface area contributed by atoms with Gasteiger partial charge < -0.3 is 20.3 Å². The third kappa shape index (κ3) is 4.82. The highest BCUT2D eigenvalue weighted by molar-refractivity contribution is 5.96. The van der Waals surface area contributed by atoms with Crippen molar-refractivity contribution >= 4 is 11.9 Å². The molecule has 120 valence electrons. The Balaban J connectivity index is 1.93. The minimum atomic E-state index is -1.32. The molecule has 2 rings (SSSR count). The molecule has 2 aromatic carbocycles. The molecule has 0 aromatic heterocycles. The number of ether oxygens (including phenoxy) is 1. The van der Waals surface area contributed by atoms with Crippen molar-refractivity contribution in [3.63, 3.8) is 0 Å². The first kappa shape index (κ1) is 16.5. The number of carbonyl (C=O) groups is 2. The third-order valence-electron chi connectivity index (χ3n) is 3.15. The van der Waals surface area contributed by atoms with Crippen molar-refractivity contribution in [2.24, 2.45) is 0 Å². The molecule has 6 heteroatoms. The number of carboxylic acids is 1. The Kier molecular flexibility index (Phi) is 5.71. The second-order valence-electron chi connectivity index (χ2n) is 4.85. The number of amides is 1. The van der Waals surface area contributed by atoms with E-state index in [1.807, 2.05) is 30.3 Å². The summed E-state index contributed by atoms with van der Waals surface area (Å²) in [6.07, 6.45) is 0. The van der Waals surface area contributed by atoms with E-state index in [1.54, 1.807) is 12.1 Å². The van der Waals surface area contributed by atoms with E-state index in [0.29, 0.717) is 12.4 Å². The first-order valence-corrected chi connectivity index (χ1v) is 7.01. The Labute approximate surface area is 133 Å². The number of carboxylic acid groups (broad SMARTS) is 1. The fourth-order valence-corrected chi connectivity index (χ4v) is 1.87. The summed E-state index contributed by atoms with van der Waals surface area (Å²) in [5.74, 6) is -1.26. The number of aliphatic hydroxyl groups excluding tert-OH is 1. The maximum atomic E-state index is 11.9. The van der Waals surface area contributed by atoms with Crippen LogP contribution < -0.4 is 10.1 Å². The van der Waals surface area contributed by atoms with Crippen LogP contribution in [0.3, 0.4) is 0 Å². The lowest BCUT2D eigenvalue weighted by atomic mass is 10.2. The molecule has 0 unspecified atom stereocenters. The monoisotopic (exact) mass is 315 g/mol. The lowest BCUT2D eigenvalue weighted by Crippen LogP contribution is -2.43. The number of rotatable bonds is 7. The molecule has 0 heterocycles. The molecule has 0 fully saturated rings. The van der Waals surface area contributed by atoms with E-state index >= 15 is 0 Å². The number of hydrogen-bond acceptors (Lipinski definition) is 4. The van der Waals surface area contributed by atoms with E-state index in [0.717, 1.165) is 5.56 Å². The van der Waals surface area contributed by atoms with Gasteiger partial charge in [-0.15, -0.1) is 0 Å². The number of nitrogens with one attached hydrogen (secondary N) is 1. The fraction of sp³-hybridized carbons (Fsp3) is 0.176. The molecule has 1 amide bonds. The summed E-state index contributed by atoms with van der Waals surface area (Å²) in [5.41, 5.74) is 1.32. The van der Waals surface area contributed by atoms with Gasteiger partial charge in [-0.3, -0.25) is 4.79 Å². The van der Waals surface area contributed by atoms with Gasteiger partial charge in [0.2, 0.25) is 0 Å². The van der Waals surface area contributed by atoms with Gasteiger partial charge >= 0.3 is 5.97 Å². The first-order valence-electron chi connectivity index (χ1n) is 7.01. The van der Waals surface area contributed by atoms with Crippen LogP contribution in [-0.4, -0.2) is 34.7 Å². The van der Waals surface area contributed by atoms with Crippen molar-refractivity contribution in [3.8, 4) is 5.75 Å². The third-order valence-corrected chi connectivity index (χ3v) is 3.15. The maximum absolute atomic E-state index is 11.9. The molecule has 0 aliphatic heterocycles. The molecule has 0 radical (unpaired) electrons. The molecule has 0 aliphatic rings. The van der Waals surface area contributed by atoms with E-state index < -0.39 is 24.5 Å².